The molecule has 1 saturated heterocycles. The van der Waals surface area contributed by atoms with Gasteiger partial charge in [0.2, 0.25) is 10.0 Å². The van der Waals surface area contributed by atoms with Gasteiger partial charge in [-0.3, -0.25) is 4.99 Å². The summed E-state index contributed by atoms with van der Waals surface area (Å²) in [5.41, 5.74) is 3.11. The third-order valence-corrected chi connectivity index (χ3v) is 6.85. The fourth-order valence-electron chi connectivity index (χ4n) is 3.43. The third-order valence-electron chi connectivity index (χ3n) is 5.05. The van der Waals surface area contributed by atoms with Crippen molar-refractivity contribution in [3.05, 3.63) is 64.3 Å². The van der Waals surface area contributed by atoms with Crippen LogP contribution >= 0.6 is 11.3 Å². The summed E-state index contributed by atoms with van der Waals surface area (Å²) in [6.45, 7) is 1.85. The summed E-state index contributed by atoms with van der Waals surface area (Å²) < 4.78 is 36.0. The second-order valence-electron chi connectivity index (χ2n) is 7.02. The molecule has 1 unspecified atom stereocenters. The van der Waals surface area contributed by atoms with Crippen LogP contribution in [0.25, 0.3) is 11.3 Å². The Labute approximate surface area is 179 Å². The fraction of sp³-hybridized carbons (Fsp3) is 0.286. The molecule has 1 aromatic heterocycles. The van der Waals surface area contributed by atoms with Crippen LogP contribution < -0.4 is 14.7 Å². The lowest BCUT2D eigenvalue weighted by Gasteiger charge is -2.15. The van der Waals surface area contributed by atoms with E-state index in [1.807, 2.05) is 24.3 Å². The molecule has 2 heterocycles. The molecule has 2 N–H and O–H groups in total. The average molecular weight is 446 g/mol. The second-order valence-corrected chi connectivity index (χ2v) is 9.42. The third kappa shape index (κ3) is 4.49. The van der Waals surface area contributed by atoms with Crippen LogP contribution in [0.3, 0.4) is 0 Å². The van der Waals surface area contributed by atoms with Crippen molar-refractivity contribution in [2.24, 2.45) is 10.1 Å². The standard InChI is InChI=1S/C21H23N3O4S2/c1-27-18-6-4-16(5-7-18)20-14-29-21(24(20)17-10-11-28-13-17)23-12-15-2-8-19(9-3-15)30(22,25)26/h2-9,14,17H,10-13H2,1H3,(H2,22,25,26). The number of primary sulfonamides is 1. The smallest absolute Gasteiger partial charge is 0.238 e. The zero-order valence-corrected chi connectivity index (χ0v) is 18.2. The first kappa shape index (κ1) is 20.8. The van der Waals surface area contributed by atoms with Crippen LogP contribution in [-0.4, -0.2) is 33.3 Å². The van der Waals surface area contributed by atoms with Crippen LogP contribution in [0.5, 0.6) is 5.75 Å². The fourth-order valence-corrected chi connectivity index (χ4v) is 4.91. The monoisotopic (exact) mass is 445 g/mol. The highest BCUT2D eigenvalue weighted by molar-refractivity contribution is 7.89. The number of aromatic nitrogens is 1. The summed E-state index contributed by atoms with van der Waals surface area (Å²) in [6.07, 6.45) is 0.941. The van der Waals surface area contributed by atoms with Crippen LogP contribution in [0.2, 0.25) is 0 Å². The van der Waals surface area contributed by atoms with Gasteiger partial charge in [0.25, 0.3) is 0 Å². The number of nitrogens with two attached hydrogens (primary N) is 1. The summed E-state index contributed by atoms with van der Waals surface area (Å²) >= 11 is 1.59. The number of hydrogen-bond donors (Lipinski definition) is 1. The molecule has 4 rings (SSSR count). The molecular weight excluding hydrogens is 422 g/mol. The highest BCUT2D eigenvalue weighted by atomic mass is 32.2. The van der Waals surface area contributed by atoms with Gasteiger partial charge in [0.05, 0.1) is 36.9 Å². The number of rotatable bonds is 6. The van der Waals surface area contributed by atoms with E-state index in [1.165, 1.54) is 12.1 Å². The van der Waals surface area contributed by atoms with Gasteiger partial charge in [-0.25, -0.2) is 13.6 Å². The summed E-state index contributed by atoms with van der Waals surface area (Å²) in [6, 6.07) is 14.7. The average Bonchev–Trinajstić information content (AvgIpc) is 3.41. The molecule has 158 valence electrons. The van der Waals surface area contributed by atoms with E-state index in [-0.39, 0.29) is 10.9 Å². The minimum absolute atomic E-state index is 0.0994. The number of thiazole rings is 1. The minimum Gasteiger partial charge on any atom is -0.497 e. The van der Waals surface area contributed by atoms with E-state index < -0.39 is 10.0 Å². The summed E-state index contributed by atoms with van der Waals surface area (Å²) in [5.74, 6) is 0.817. The normalized spacial score (nSPS) is 17.4. The van der Waals surface area contributed by atoms with Crippen molar-refractivity contribution < 1.29 is 17.9 Å². The SMILES string of the molecule is COc1ccc(-c2csc(=NCc3ccc(S(N)(=O)=O)cc3)n2C2CCOC2)cc1. The topological polar surface area (TPSA) is 95.9 Å². The summed E-state index contributed by atoms with van der Waals surface area (Å²) in [4.78, 5) is 5.82. The van der Waals surface area contributed by atoms with Crippen LogP contribution in [0, 0.1) is 0 Å². The first-order valence-electron chi connectivity index (χ1n) is 9.50. The molecule has 0 bridgehead atoms. The Hall–Kier alpha value is -2.46. The van der Waals surface area contributed by atoms with Crippen LogP contribution in [0.15, 0.2) is 63.8 Å². The lowest BCUT2D eigenvalue weighted by Crippen LogP contribution is -2.22. The maximum absolute atomic E-state index is 11.4. The molecule has 9 heteroatoms. The zero-order chi connectivity index (χ0) is 21.1. The molecule has 0 spiro atoms. The number of ether oxygens (including phenoxy) is 2. The summed E-state index contributed by atoms with van der Waals surface area (Å²) in [7, 11) is -2.04. The van der Waals surface area contributed by atoms with E-state index in [9.17, 15) is 8.42 Å². The van der Waals surface area contributed by atoms with Crippen molar-refractivity contribution in [1.29, 1.82) is 0 Å². The molecule has 3 aromatic rings. The molecule has 0 radical (unpaired) electrons. The van der Waals surface area contributed by atoms with Gasteiger partial charge in [-0.15, -0.1) is 11.3 Å². The number of benzene rings is 2. The van der Waals surface area contributed by atoms with Crippen molar-refractivity contribution in [2.45, 2.75) is 23.9 Å². The Bertz CT molecular complexity index is 1170. The van der Waals surface area contributed by atoms with Gasteiger partial charge in [0.15, 0.2) is 4.80 Å². The number of nitrogens with zero attached hydrogens (tertiary/aromatic N) is 2. The largest absolute Gasteiger partial charge is 0.497 e. The predicted molar refractivity (Wildman–Crippen MR) is 116 cm³/mol. The van der Waals surface area contributed by atoms with Crippen molar-refractivity contribution in [3.8, 4) is 17.0 Å². The molecule has 7 nitrogen and oxygen atoms in total. The van der Waals surface area contributed by atoms with Gasteiger partial charge >= 0.3 is 0 Å². The lowest BCUT2D eigenvalue weighted by molar-refractivity contribution is 0.186. The molecule has 0 aliphatic carbocycles. The van der Waals surface area contributed by atoms with Gasteiger partial charge in [-0.2, -0.15) is 0 Å². The van der Waals surface area contributed by atoms with Crippen molar-refractivity contribution in [1.82, 2.24) is 4.57 Å². The molecule has 1 aliphatic heterocycles. The highest BCUT2D eigenvalue weighted by Crippen LogP contribution is 2.28. The molecular formula is C21H23N3O4S2. The maximum Gasteiger partial charge on any atom is 0.238 e. The van der Waals surface area contributed by atoms with E-state index in [1.54, 1.807) is 30.6 Å². The zero-order valence-electron chi connectivity index (χ0n) is 16.5. The van der Waals surface area contributed by atoms with Crippen molar-refractivity contribution in [2.75, 3.05) is 20.3 Å². The van der Waals surface area contributed by atoms with Gasteiger partial charge in [-0.05, 0) is 53.9 Å². The molecule has 30 heavy (non-hydrogen) atoms. The second kappa shape index (κ2) is 8.73. The van der Waals surface area contributed by atoms with Crippen molar-refractivity contribution in [3.63, 3.8) is 0 Å². The quantitative estimate of drug-likeness (QED) is 0.631. The Balaban J connectivity index is 1.67. The molecule has 1 fully saturated rings. The first-order chi connectivity index (χ1) is 14.5. The molecule has 1 aliphatic rings. The predicted octanol–water partition coefficient (Wildman–Crippen LogP) is 2.93. The van der Waals surface area contributed by atoms with Crippen LogP contribution in [0.1, 0.15) is 18.0 Å². The molecule has 2 aromatic carbocycles. The van der Waals surface area contributed by atoms with E-state index in [4.69, 9.17) is 19.6 Å². The number of methoxy groups -OCH3 is 1. The van der Waals surface area contributed by atoms with Gasteiger partial charge in [0.1, 0.15) is 5.75 Å². The first-order valence-corrected chi connectivity index (χ1v) is 11.9. The van der Waals surface area contributed by atoms with E-state index in [2.05, 4.69) is 9.95 Å². The highest BCUT2D eigenvalue weighted by Gasteiger charge is 2.22. The number of hydrogen-bond acceptors (Lipinski definition) is 6. The number of sulfonamides is 1. The molecule has 0 saturated carbocycles. The van der Waals surface area contributed by atoms with E-state index >= 15 is 0 Å². The molecule has 0 amide bonds. The lowest BCUT2D eigenvalue weighted by atomic mass is 10.1. The Morgan fingerprint density at radius 2 is 1.93 bits per heavy atom. The van der Waals surface area contributed by atoms with E-state index in [0.717, 1.165) is 40.4 Å². The minimum atomic E-state index is -3.69. The van der Waals surface area contributed by atoms with Crippen molar-refractivity contribution >= 4 is 21.4 Å². The van der Waals surface area contributed by atoms with Crippen LogP contribution in [0.4, 0.5) is 0 Å². The van der Waals surface area contributed by atoms with Crippen LogP contribution in [-0.2, 0) is 21.3 Å². The summed E-state index contributed by atoms with van der Waals surface area (Å²) in [5, 5.41) is 7.28. The van der Waals surface area contributed by atoms with Gasteiger partial charge < -0.3 is 14.0 Å². The Kier molecular flexibility index (Phi) is 6.05. The maximum atomic E-state index is 11.4. The van der Waals surface area contributed by atoms with Gasteiger partial charge in [0, 0.05) is 12.0 Å². The molecule has 1 atom stereocenters. The Morgan fingerprint density at radius 3 is 2.53 bits per heavy atom. The van der Waals surface area contributed by atoms with E-state index in [0.29, 0.717) is 13.2 Å². The van der Waals surface area contributed by atoms with Gasteiger partial charge in [-0.1, -0.05) is 12.1 Å². The Morgan fingerprint density at radius 1 is 1.20 bits per heavy atom.